The highest BCUT2D eigenvalue weighted by Gasteiger charge is 2.04. The van der Waals surface area contributed by atoms with Crippen LogP contribution in [0.4, 0.5) is 8.78 Å². The van der Waals surface area contributed by atoms with E-state index in [-0.39, 0.29) is 0 Å². The summed E-state index contributed by atoms with van der Waals surface area (Å²) in [6.07, 6.45) is 3.70. The Balaban J connectivity index is 1.93. The number of aromatic nitrogens is 2. The van der Waals surface area contributed by atoms with Crippen LogP contribution in [0.1, 0.15) is 25.0 Å². The summed E-state index contributed by atoms with van der Waals surface area (Å²) in [5.74, 6) is -1.05. The Labute approximate surface area is 117 Å². The topological polar surface area (TPSA) is 29.9 Å². The van der Waals surface area contributed by atoms with Crippen molar-refractivity contribution in [3.8, 4) is 0 Å². The lowest BCUT2D eigenvalue weighted by Crippen LogP contribution is -2.18. The normalized spacial score (nSPS) is 11.2. The first-order valence-electron chi connectivity index (χ1n) is 6.70. The number of rotatable bonds is 6. The van der Waals surface area contributed by atoms with Crippen molar-refractivity contribution >= 4 is 0 Å². The van der Waals surface area contributed by atoms with Gasteiger partial charge in [-0.15, -0.1) is 0 Å². The van der Waals surface area contributed by atoms with E-state index in [2.05, 4.69) is 24.3 Å². The van der Waals surface area contributed by atoms with E-state index in [9.17, 15) is 8.78 Å². The van der Waals surface area contributed by atoms with Gasteiger partial charge < -0.3 is 5.32 Å². The van der Waals surface area contributed by atoms with Crippen molar-refractivity contribution < 1.29 is 8.78 Å². The predicted molar refractivity (Wildman–Crippen MR) is 74.2 cm³/mol. The Morgan fingerprint density at radius 2 is 2.00 bits per heavy atom. The van der Waals surface area contributed by atoms with Gasteiger partial charge in [-0.25, -0.2) is 8.78 Å². The molecule has 20 heavy (non-hydrogen) atoms. The van der Waals surface area contributed by atoms with Crippen LogP contribution in [0.15, 0.2) is 30.6 Å². The van der Waals surface area contributed by atoms with Crippen molar-refractivity contribution in [2.75, 3.05) is 6.54 Å². The Hall–Kier alpha value is -1.75. The summed E-state index contributed by atoms with van der Waals surface area (Å²) < 4.78 is 27.7. The second-order valence-electron chi connectivity index (χ2n) is 5.32. The molecule has 0 saturated heterocycles. The maximum Gasteiger partial charge on any atom is 0.159 e. The fraction of sp³-hybridized carbons (Fsp3) is 0.400. The van der Waals surface area contributed by atoms with Crippen LogP contribution < -0.4 is 5.32 Å². The predicted octanol–water partition coefficient (Wildman–Crippen LogP) is 2.96. The van der Waals surface area contributed by atoms with E-state index in [1.165, 1.54) is 6.07 Å². The number of benzene rings is 1. The zero-order chi connectivity index (χ0) is 14.5. The summed E-state index contributed by atoms with van der Waals surface area (Å²) in [6.45, 7) is 6.45. The molecule has 0 saturated carbocycles. The van der Waals surface area contributed by atoms with Gasteiger partial charge in [0.15, 0.2) is 11.6 Å². The molecule has 0 radical (unpaired) electrons. The summed E-state index contributed by atoms with van der Waals surface area (Å²) in [5, 5.41) is 7.55. The summed E-state index contributed by atoms with van der Waals surface area (Å²) >= 11 is 0. The van der Waals surface area contributed by atoms with Crippen molar-refractivity contribution in [3.05, 3.63) is 53.4 Å². The van der Waals surface area contributed by atoms with Gasteiger partial charge >= 0.3 is 0 Å². The number of nitrogens with zero attached hydrogens (tertiary/aromatic N) is 2. The number of hydrogen-bond acceptors (Lipinski definition) is 2. The van der Waals surface area contributed by atoms with Crippen molar-refractivity contribution in [1.29, 1.82) is 0 Å². The molecule has 108 valence electrons. The number of halogens is 2. The van der Waals surface area contributed by atoms with E-state index >= 15 is 0 Å². The lowest BCUT2D eigenvalue weighted by Gasteiger charge is -2.05. The minimum atomic E-state index is -0.826. The van der Waals surface area contributed by atoms with E-state index in [1.54, 1.807) is 16.9 Å². The van der Waals surface area contributed by atoms with Gasteiger partial charge in [0, 0.05) is 18.3 Å². The molecule has 1 heterocycles. The molecule has 0 amide bonds. The molecule has 2 rings (SSSR count). The first-order valence-corrected chi connectivity index (χ1v) is 6.70. The number of nitrogens with one attached hydrogen (secondary N) is 1. The molecule has 0 unspecified atom stereocenters. The average molecular weight is 279 g/mol. The van der Waals surface area contributed by atoms with Crippen LogP contribution in [-0.2, 0) is 13.1 Å². The maximum absolute atomic E-state index is 13.1. The molecule has 0 atom stereocenters. The summed E-state index contributed by atoms with van der Waals surface area (Å²) in [5.41, 5.74) is 1.77. The summed E-state index contributed by atoms with van der Waals surface area (Å²) in [4.78, 5) is 0. The van der Waals surface area contributed by atoms with E-state index in [0.29, 0.717) is 18.0 Å². The lowest BCUT2D eigenvalue weighted by molar-refractivity contribution is 0.505. The zero-order valence-corrected chi connectivity index (χ0v) is 11.7. The first kappa shape index (κ1) is 14.7. The fourth-order valence-corrected chi connectivity index (χ4v) is 1.91. The average Bonchev–Trinajstić information content (AvgIpc) is 2.81. The quantitative estimate of drug-likeness (QED) is 0.881. The van der Waals surface area contributed by atoms with Crippen LogP contribution in [0.3, 0.4) is 0 Å². The van der Waals surface area contributed by atoms with Gasteiger partial charge in [-0.3, -0.25) is 4.68 Å². The van der Waals surface area contributed by atoms with E-state index < -0.39 is 11.6 Å². The third kappa shape index (κ3) is 4.13. The van der Waals surface area contributed by atoms with Gasteiger partial charge in [0.2, 0.25) is 0 Å². The molecule has 0 aliphatic carbocycles. The van der Waals surface area contributed by atoms with Crippen LogP contribution in [0.5, 0.6) is 0 Å². The van der Waals surface area contributed by atoms with Crippen LogP contribution in [0.25, 0.3) is 0 Å². The molecular formula is C15H19F2N3. The largest absolute Gasteiger partial charge is 0.312 e. The van der Waals surface area contributed by atoms with Gasteiger partial charge in [0.1, 0.15) is 0 Å². The molecule has 2 aromatic rings. The van der Waals surface area contributed by atoms with Crippen molar-refractivity contribution in [2.24, 2.45) is 5.92 Å². The molecule has 1 aromatic heterocycles. The highest BCUT2D eigenvalue weighted by atomic mass is 19.2. The van der Waals surface area contributed by atoms with Gasteiger partial charge in [-0.05, 0) is 30.2 Å². The summed E-state index contributed by atoms with van der Waals surface area (Å²) in [7, 11) is 0. The molecule has 0 bridgehead atoms. The van der Waals surface area contributed by atoms with Gasteiger partial charge in [0.25, 0.3) is 0 Å². The third-order valence-electron chi connectivity index (χ3n) is 2.90. The van der Waals surface area contributed by atoms with E-state index in [0.717, 1.165) is 24.7 Å². The monoisotopic (exact) mass is 279 g/mol. The van der Waals surface area contributed by atoms with Gasteiger partial charge in [-0.2, -0.15) is 5.10 Å². The highest BCUT2D eigenvalue weighted by molar-refractivity contribution is 5.18. The minimum Gasteiger partial charge on any atom is -0.312 e. The van der Waals surface area contributed by atoms with Gasteiger partial charge in [-0.1, -0.05) is 19.9 Å². The second kappa shape index (κ2) is 6.61. The molecule has 1 N–H and O–H groups in total. The highest BCUT2D eigenvalue weighted by Crippen LogP contribution is 2.10. The van der Waals surface area contributed by atoms with E-state index in [4.69, 9.17) is 0 Å². The van der Waals surface area contributed by atoms with Crippen LogP contribution >= 0.6 is 0 Å². The third-order valence-corrected chi connectivity index (χ3v) is 2.90. The Morgan fingerprint density at radius 1 is 1.20 bits per heavy atom. The van der Waals surface area contributed by atoms with Crippen molar-refractivity contribution in [1.82, 2.24) is 15.1 Å². The molecule has 0 aliphatic rings. The SMILES string of the molecule is CC(C)CNCc1cnn(Cc2ccc(F)c(F)c2)c1. The fourth-order valence-electron chi connectivity index (χ4n) is 1.91. The minimum absolute atomic E-state index is 0.432. The van der Waals surface area contributed by atoms with Crippen LogP contribution in [0, 0.1) is 17.6 Å². The zero-order valence-electron chi connectivity index (χ0n) is 11.7. The lowest BCUT2D eigenvalue weighted by atomic mass is 10.2. The van der Waals surface area contributed by atoms with Crippen LogP contribution in [0.2, 0.25) is 0 Å². The molecule has 1 aromatic carbocycles. The Kier molecular flexibility index (Phi) is 4.84. The molecule has 0 aliphatic heterocycles. The molecule has 3 nitrogen and oxygen atoms in total. The van der Waals surface area contributed by atoms with Gasteiger partial charge in [0.05, 0.1) is 12.7 Å². The Morgan fingerprint density at radius 3 is 2.70 bits per heavy atom. The molecule has 0 spiro atoms. The molecule has 5 heteroatoms. The van der Waals surface area contributed by atoms with Crippen LogP contribution in [-0.4, -0.2) is 16.3 Å². The molecular weight excluding hydrogens is 260 g/mol. The van der Waals surface area contributed by atoms with Crippen molar-refractivity contribution in [3.63, 3.8) is 0 Å². The van der Waals surface area contributed by atoms with E-state index in [1.807, 2.05) is 6.20 Å². The first-order chi connectivity index (χ1) is 9.54. The maximum atomic E-state index is 13.1. The second-order valence-corrected chi connectivity index (χ2v) is 5.32. The summed E-state index contributed by atoms with van der Waals surface area (Å²) in [6, 6.07) is 3.91. The Bertz CT molecular complexity index is 564. The smallest absolute Gasteiger partial charge is 0.159 e. The number of hydrogen-bond donors (Lipinski definition) is 1. The van der Waals surface area contributed by atoms with Crippen molar-refractivity contribution in [2.45, 2.75) is 26.9 Å². The molecule has 0 fully saturated rings. The standard InChI is InChI=1S/C15H19F2N3/c1-11(2)6-18-7-13-8-19-20(10-13)9-12-3-4-14(16)15(17)5-12/h3-5,8,10-11,18H,6-7,9H2,1-2H3.